The van der Waals surface area contributed by atoms with Crippen LogP contribution in [-0.2, 0) is 13.0 Å². The normalized spacial score (nSPS) is 15.2. The van der Waals surface area contributed by atoms with Crippen LogP contribution in [0.15, 0.2) is 66.7 Å². The second kappa shape index (κ2) is 8.52. The van der Waals surface area contributed by atoms with Crippen molar-refractivity contribution in [1.29, 1.82) is 0 Å². The molecule has 6 nitrogen and oxygen atoms in total. The molecule has 3 amide bonds. The number of hydrogen-bond acceptors (Lipinski definition) is 3. The van der Waals surface area contributed by atoms with Crippen LogP contribution in [0.4, 0.5) is 10.5 Å². The van der Waals surface area contributed by atoms with E-state index in [0.717, 1.165) is 22.4 Å². The van der Waals surface area contributed by atoms with Gasteiger partial charge in [-0.15, -0.1) is 0 Å². The molecule has 0 saturated heterocycles. The summed E-state index contributed by atoms with van der Waals surface area (Å²) in [5.41, 5.74) is 10.5. The highest BCUT2D eigenvalue weighted by molar-refractivity contribution is 5.97. The minimum Gasteiger partial charge on any atom is -0.497 e. The van der Waals surface area contributed by atoms with E-state index in [1.165, 1.54) is 5.56 Å². The van der Waals surface area contributed by atoms with Crippen molar-refractivity contribution < 1.29 is 14.3 Å². The fraction of sp³-hybridized carbons (Fsp3) is 0.200. The highest BCUT2D eigenvalue weighted by atomic mass is 16.5. The molecule has 6 heteroatoms. The van der Waals surface area contributed by atoms with Crippen molar-refractivity contribution in [3.63, 3.8) is 0 Å². The minimum absolute atomic E-state index is 0.108. The summed E-state index contributed by atoms with van der Waals surface area (Å²) in [4.78, 5) is 26.9. The molecule has 0 saturated carbocycles. The molecule has 0 unspecified atom stereocenters. The zero-order valence-corrected chi connectivity index (χ0v) is 17.6. The summed E-state index contributed by atoms with van der Waals surface area (Å²) in [6, 6.07) is 20.8. The molecular formula is C25H25N3O3. The predicted molar refractivity (Wildman–Crippen MR) is 120 cm³/mol. The third-order valence-corrected chi connectivity index (χ3v) is 5.74. The first-order valence-electron chi connectivity index (χ1n) is 10.1. The van der Waals surface area contributed by atoms with Gasteiger partial charge >= 0.3 is 6.03 Å². The average molecular weight is 415 g/mol. The van der Waals surface area contributed by atoms with Crippen molar-refractivity contribution in [2.75, 3.05) is 12.4 Å². The summed E-state index contributed by atoms with van der Waals surface area (Å²) in [6.07, 6.45) is 0.706. The van der Waals surface area contributed by atoms with Crippen LogP contribution in [0.1, 0.15) is 38.7 Å². The maximum absolute atomic E-state index is 13.3. The first-order chi connectivity index (χ1) is 15.0. The van der Waals surface area contributed by atoms with Gasteiger partial charge in [-0.3, -0.25) is 4.79 Å². The number of nitrogens with two attached hydrogens (primary N) is 1. The Kier molecular flexibility index (Phi) is 5.62. The summed E-state index contributed by atoms with van der Waals surface area (Å²) in [5.74, 6) is 0.247. The molecule has 3 N–H and O–H groups in total. The van der Waals surface area contributed by atoms with E-state index in [9.17, 15) is 9.59 Å². The molecule has 4 rings (SSSR count). The van der Waals surface area contributed by atoms with Gasteiger partial charge in [-0.1, -0.05) is 42.5 Å². The molecule has 0 aromatic heterocycles. The van der Waals surface area contributed by atoms with Gasteiger partial charge in [0, 0.05) is 17.8 Å². The van der Waals surface area contributed by atoms with Crippen LogP contribution in [-0.4, -0.2) is 23.9 Å². The second-order valence-electron chi connectivity index (χ2n) is 7.72. The molecule has 1 aliphatic rings. The molecule has 1 aliphatic heterocycles. The minimum atomic E-state index is -0.519. The number of carbonyl (C=O) groups excluding carboxylic acids is 2. The van der Waals surface area contributed by atoms with Crippen LogP contribution in [0.3, 0.4) is 0 Å². The van der Waals surface area contributed by atoms with Gasteiger partial charge in [0.25, 0.3) is 0 Å². The zero-order valence-electron chi connectivity index (χ0n) is 17.6. The van der Waals surface area contributed by atoms with Crippen molar-refractivity contribution in [2.45, 2.75) is 25.9 Å². The first-order valence-corrected chi connectivity index (χ1v) is 10.1. The number of anilines is 1. The van der Waals surface area contributed by atoms with E-state index < -0.39 is 5.91 Å². The van der Waals surface area contributed by atoms with E-state index in [4.69, 9.17) is 10.5 Å². The monoisotopic (exact) mass is 415 g/mol. The lowest BCUT2D eigenvalue weighted by Crippen LogP contribution is -2.41. The number of rotatable bonds is 4. The highest BCUT2D eigenvalue weighted by Crippen LogP contribution is 2.35. The van der Waals surface area contributed by atoms with Gasteiger partial charge in [-0.25, -0.2) is 4.79 Å². The molecule has 0 radical (unpaired) electrons. The smallest absolute Gasteiger partial charge is 0.322 e. The van der Waals surface area contributed by atoms with Crippen molar-refractivity contribution in [3.8, 4) is 5.75 Å². The van der Waals surface area contributed by atoms with E-state index in [-0.39, 0.29) is 12.1 Å². The summed E-state index contributed by atoms with van der Waals surface area (Å²) in [7, 11) is 1.63. The molecule has 1 atom stereocenters. The van der Waals surface area contributed by atoms with Gasteiger partial charge in [-0.05, 0) is 59.9 Å². The Bertz CT molecular complexity index is 1130. The summed E-state index contributed by atoms with van der Waals surface area (Å²) in [6.45, 7) is 2.26. The third kappa shape index (κ3) is 4.23. The van der Waals surface area contributed by atoms with Gasteiger partial charge < -0.3 is 20.7 Å². The number of primary amides is 1. The van der Waals surface area contributed by atoms with Gasteiger partial charge in [0.15, 0.2) is 0 Å². The zero-order chi connectivity index (χ0) is 22.0. The van der Waals surface area contributed by atoms with E-state index >= 15 is 0 Å². The maximum Gasteiger partial charge on any atom is 0.322 e. The number of fused-ring (bicyclic) bond motifs is 1. The fourth-order valence-corrected chi connectivity index (χ4v) is 4.03. The molecular weight excluding hydrogens is 390 g/mol. The average Bonchev–Trinajstić information content (AvgIpc) is 2.79. The van der Waals surface area contributed by atoms with Crippen LogP contribution < -0.4 is 15.8 Å². The molecule has 0 bridgehead atoms. The van der Waals surface area contributed by atoms with Crippen molar-refractivity contribution in [2.24, 2.45) is 5.73 Å². The quantitative estimate of drug-likeness (QED) is 0.661. The lowest BCUT2D eigenvalue weighted by Gasteiger charge is -2.37. The standard InChI is InChI=1S/C25H25N3O3/c1-16-8-10-20(14-22(16)24(26)29)27-25(30)28-15-19-12-21(31-2)11-9-18(19)13-23(28)17-6-4-3-5-7-17/h3-12,14,23H,13,15H2,1-2H3,(H2,26,29)(H,27,30)/t23-/m1/s1. The topological polar surface area (TPSA) is 84.7 Å². The van der Waals surface area contributed by atoms with E-state index in [2.05, 4.69) is 11.4 Å². The molecule has 3 aromatic carbocycles. The number of methoxy groups -OCH3 is 1. The van der Waals surface area contributed by atoms with Gasteiger partial charge in [-0.2, -0.15) is 0 Å². The molecule has 158 valence electrons. The molecule has 3 aromatic rings. The lowest BCUT2D eigenvalue weighted by atomic mass is 9.90. The Morgan fingerprint density at radius 2 is 1.81 bits per heavy atom. The van der Waals surface area contributed by atoms with Crippen molar-refractivity contribution in [1.82, 2.24) is 4.90 Å². The Morgan fingerprint density at radius 1 is 1.03 bits per heavy atom. The van der Waals surface area contributed by atoms with Crippen molar-refractivity contribution in [3.05, 3.63) is 94.5 Å². The van der Waals surface area contributed by atoms with Crippen LogP contribution in [0.2, 0.25) is 0 Å². The number of carbonyl (C=O) groups is 2. The first kappa shape index (κ1) is 20.5. The predicted octanol–water partition coefficient (Wildman–Crippen LogP) is 4.43. The van der Waals surface area contributed by atoms with Crippen molar-refractivity contribution >= 4 is 17.6 Å². The number of ether oxygens (including phenoxy) is 1. The SMILES string of the molecule is COc1ccc2c(c1)CN(C(=O)Nc1ccc(C)c(C(N)=O)c1)[C@@H](c1ccccc1)C2. The Morgan fingerprint density at radius 3 is 2.52 bits per heavy atom. The number of urea groups is 1. The maximum atomic E-state index is 13.3. The molecule has 0 aliphatic carbocycles. The Hall–Kier alpha value is -3.80. The van der Waals surface area contributed by atoms with E-state index in [0.29, 0.717) is 24.2 Å². The van der Waals surface area contributed by atoms with E-state index in [1.807, 2.05) is 54.3 Å². The van der Waals surface area contributed by atoms with Crippen LogP contribution in [0.5, 0.6) is 5.75 Å². The van der Waals surface area contributed by atoms with Crippen LogP contribution in [0, 0.1) is 6.92 Å². The molecule has 31 heavy (non-hydrogen) atoms. The molecule has 0 fully saturated rings. The summed E-state index contributed by atoms with van der Waals surface area (Å²) >= 11 is 0. The van der Waals surface area contributed by atoms with Crippen LogP contribution >= 0.6 is 0 Å². The second-order valence-corrected chi connectivity index (χ2v) is 7.72. The van der Waals surface area contributed by atoms with Crippen LogP contribution in [0.25, 0.3) is 0 Å². The third-order valence-electron chi connectivity index (χ3n) is 5.74. The van der Waals surface area contributed by atoms with Gasteiger partial charge in [0.2, 0.25) is 5.91 Å². The van der Waals surface area contributed by atoms with Gasteiger partial charge in [0.1, 0.15) is 5.75 Å². The lowest BCUT2D eigenvalue weighted by molar-refractivity contribution is 0.0999. The van der Waals surface area contributed by atoms with Gasteiger partial charge in [0.05, 0.1) is 13.2 Å². The molecule has 1 heterocycles. The number of nitrogens with zero attached hydrogens (tertiary/aromatic N) is 1. The number of nitrogens with one attached hydrogen (secondary N) is 1. The molecule has 0 spiro atoms. The fourth-order valence-electron chi connectivity index (χ4n) is 4.03. The Labute approximate surface area is 181 Å². The number of amides is 3. The van der Waals surface area contributed by atoms with E-state index in [1.54, 1.807) is 25.3 Å². The Balaban J connectivity index is 1.66. The number of aryl methyl sites for hydroxylation is 1. The largest absolute Gasteiger partial charge is 0.497 e. The number of hydrogen-bond donors (Lipinski definition) is 2. The highest BCUT2D eigenvalue weighted by Gasteiger charge is 2.31. The number of benzene rings is 3. The summed E-state index contributed by atoms with van der Waals surface area (Å²) in [5, 5.41) is 2.94. The summed E-state index contributed by atoms with van der Waals surface area (Å²) < 4.78 is 5.37.